The molecule has 1 aromatic carbocycles. The van der Waals surface area contributed by atoms with Gasteiger partial charge in [-0.25, -0.2) is 4.39 Å². The molecule has 0 atom stereocenters. The summed E-state index contributed by atoms with van der Waals surface area (Å²) in [5.41, 5.74) is 0.882. The summed E-state index contributed by atoms with van der Waals surface area (Å²) < 4.78 is 17.7. The zero-order valence-corrected chi connectivity index (χ0v) is 11.1. The lowest BCUT2D eigenvalue weighted by molar-refractivity contribution is -0.141. The molecule has 0 radical (unpaired) electrons. The number of halogens is 1. The number of esters is 1. The number of benzene rings is 1. The number of fused-ring (bicyclic) bond motifs is 1. The van der Waals surface area contributed by atoms with Gasteiger partial charge in [0, 0.05) is 18.6 Å². The van der Waals surface area contributed by atoms with E-state index in [1.54, 1.807) is 6.07 Å². The first-order chi connectivity index (χ1) is 9.51. The van der Waals surface area contributed by atoms with Crippen LogP contribution in [-0.2, 0) is 9.53 Å². The second-order valence-electron chi connectivity index (χ2n) is 4.30. The Balaban J connectivity index is 2.28. The summed E-state index contributed by atoms with van der Waals surface area (Å²) in [6, 6.07) is 5.69. The minimum atomic E-state index is -0.513. The van der Waals surface area contributed by atoms with Gasteiger partial charge in [-0.05, 0) is 24.3 Å². The predicted molar refractivity (Wildman–Crippen MR) is 70.7 cm³/mol. The van der Waals surface area contributed by atoms with E-state index in [1.807, 2.05) is 0 Å². The largest absolute Gasteiger partial charge is 0.468 e. The number of nitrogens with zero attached hydrogens (tertiary/aromatic N) is 2. The number of methoxy groups -OCH3 is 1. The van der Waals surface area contributed by atoms with Crippen molar-refractivity contribution in [3.63, 3.8) is 0 Å². The molecule has 1 amide bonds. The average molecular weight is 276 g/mol. The van der Waals surface area contributed by atoms with Crippen LogP contribution in [0.1, 0.15) is 10.4 Å². The van der Waals surface area contributed by atoms with E-state index in [0.717, 1.165) is 0 Å². The molecule has 0 spiro atoms. The molecule has 0 unspecified atom stereocenters. The van der Waals surface area contributed by atoms with E-state index in [0.29, 0.717) is 10.9 Å². The Bertz CT molecular complexity index is 673. The fourth-order valence-electron chi connectivity index (χ4n) is 1.77. The van der Waals surface area contributed by atoms with E-state index in [-0.39, 0.29) is 18.0 Å². The second kappa shape index (κ2) is 5.64. The summed E-state index contributed by atoms with van der Waals surface area (Å²) in [5, 5.41) is 0.530. The topological polar surface area (TPSA) is 59.5 Å². The van der Waals surface area contributed by atoms with Gasteiger partial charge in [-0.3, -0.25) is 14.6 Å². The molecule has 0 N–H and O–H groups in total. The highest BCUT2D eigenvalue weighted by Gasteiger charge is 2.16. The van der Waals surface area contributed by atoms with Gasteiger partial charge in [0.25, 0.3) is 5.91 Å². The maximum Gasteiger partial charge on any atom is 0.325 e. The molecule has 2 aromatic rings. The van der Waals surface area contributed by atoms with Crippen LogP contribution in [0, 0.1) is 5.82 Å². The molecule has 1 aromatic heterocycles. The van der Waals surface area contributed by atoms with Crippen LogP contribution in [0.15, 0.2) is 30.5 Å². The summed E-state index contributed by atoms with van der Waals surface area (Å²) in [6.45, 7) is -0.156. The van der Waals surface area contributed by atoms with Gasteiger partial charge >= 0.3 is 5.97 Å². The van der Waals surface area contributed by atoms with E-state index in [4.69, 9.17) is 0 Å². The molecular weight excluding hydrogens is 263 g/mol. The Morgan fingerprint density at radius 1 is 1.35 bits per heavy atom. The molecular formula is C14H13FN2O3. The fraction of sp³-hybridized carbons (Fsp3) is 0.214. The van der Waals surface area contributed by atoms with E-state index in [1.165, 1.54) is 43.5 Å². The molecule has 1 heterocycles. The van der Waals surface area contributed by atoms with Crippen molar-refractivity contribution in [2.45, 2.75) is 0 Å². The Kier molecular flexibility index (Phi) is 3.93. The average Bonchev–Trinajstić information content (AvgIpc) is 2.45. The van der Waals surface area contributed by atoms with Crippen molar-refractivity contribution in [1.82, 2.24) is 9.88 Å². The molecule has 104 valence electrons. The van der Waals surface area contributed by atoms with Gasteiger partial charge in [0.15, 0.2) is 0 Å². The van der Waals surface area contributed by atoms with Gasteiger partial charge in [-0.15, -0.1) is 0 Å². The molecule has 0 saturated heterocycles. The molecule has 0 aliphatic heterocycles. The third-order valence-electron chi connectivity index (χ3n) is 2.83. The molecule has 0 aliphatic carbocycles. The third-order valence-corrected chi connectivity index (χ3v) is 2.83. The highest BCUT2D eigenvalue weighted by Crippen LogP contribution is 2.15. The number of aromatic nitrogens is 1. The van der Waals surface area contributed by atoms with E-state index in [2.05, 4.69) is 9.72 Å². The molecule has 2 rings (SSSR count). The molecule has 6 heteroatoms. The minimum Gasteiger partial charge on any atom is -0.468 e. The summed E-state index contributed by atoms with van der Waals surface area (Å²) >= 11 is 0. The lowest BCUT2D eigenvalue weighted by Crippen LogP contribution is -2.32. The standard InChI is InChI=1S/C14H13FN2O3/c1-17(8-13(18)20-2)14(19)10-5-9-6-11(15)3-4-12(9)16-7-10/h3-7H,8H2,1-2H3. The number of hydrogen-bond donors (Lipinski definition) is 0. The van der Waals surface area contributed by atoms with Crippen LogP contribution in [-0.4, -0.2) is 42.5 Å². The van der Waals surface area contributed by atoms with Crippen molar-refractivity contribution >= 4 is 22.8 Å². The minimum absolute atomic E-state index is 0.156. The van der Waals surface area contributed by atoms with Crippen LogP contribution in [0.3, 0.4) is 0 Å². The van der Waals surface area contributed by atoms with E-state index in [9.17, 15) is 14.0 Å². The monoisotopic (exact) mass is 276 g/mol. The van der Waals surface area contributed by atoms with Gasteiger partial charge in [0.05, 0.1) is 18.2 Å². The molecule has 0 fully saturated rings. The van der Waals surface area contributed by atoms with Crippen LogP contribution in [0.5, 0.6) is 0 Å². The van der Waals surface area contributed by atoms with E-state index >= 15 is 0 Å². The molecule has 5 nitrogen and oxygen atoms in total. The Morgan fingerprint density at radius 2 is 2.10 bits per heavy atom. The number of ether oxygens (including phenoxy) is 1. The number of rotatable bonds is 3. The molecule has 20 heavy (non-hydrogen) atoms. The van der Waals surface area contributed by atoms with Gasteiger partial charge in [0.2, 0.25) is 0 Å². The first-order valence-electron chi connectivity index (χ1n) is 5.89. The van der Waals surface area contributed by atoms with Gasteiger partial charge < -0.3 is 9.64 Å². The van der Waals surface area contributed by atoms with Crippen molar-refractivity contribution in [1.29, 1.82) is 0 Å². The molecule has 0 bridgehead atoms. The third kappa shape index (κ3) is 2.90. The summed E-state index contributed by atoms with van der Waals surface area (Å²) in [5.74, 6) is -1.29. The van der Waals surface area contributed by atoms with Gasteiger partial charge in [-0.2, -0.15) is 0 Å². The van der Waals surface area contributed by atoms with Crippen molar-refractivity contribution in [2.24, 2.45) is 0 Å². The lowest BCUT2D eigenvalue weighted by Gasteiger charge is -2.15. The maximum atomic E-state index is 13.2. The van der Waals surface area contributed by atoms with Crippen molar-refractivity contribution < 1.29 is 18.7 Å². The van der Waals surface area contributed by atoms with Crippen LogP contribution in [0.4, 0.5) is 4.39 Å². The number of likely N-dealkylation sites (N-methyl/N-ethyl adjacent to an activating group) is 1. The number of carbonyl (C=O) groups excluding carboxylic acids is 2. The summed E-state index contributed by atoms with van der Waals surface area (Å²) in [7, 11) is 2.73. The molecule has 0 aliphatic rings. The zero-order valence-electron chi connectivity index (χ0n) is 11.1. The van der Waals surface area contributed by atoms with Crippen LogP contribution >= 0.6 is 0 Å². The normalized spacial score (nSPS) is 10.3. The van der Waals surface area contributed by atoms with Gasteiger partial charge in [-0.1, -0.05) is 0 Å². The maximum absolute atomic E-state index is 13.2. The van der Waals surface area contributed by atoms with Crippen LogP contribution in [0.2, 0.25) is 0 Å². The van der Waals surface area contributed by atoms with Crippen molar-refractivity contribution in [3.8, 4) is 0 Å². The molecule has 0 saturated carbocycles. The number of hydrogen-bond acceptors (Lipinski definition) is 4. The number of pyridine rings is 1. The highest BCUT2D eigenvalue weighted by atomic mass is 19.1. The Hall–Kier alpha value is -2.50. The first kappa shape index (κ1) is 13.9. The first-order valence-corrected chi connectivity index (χ1v) is 5.89. The zero-order chi connectivity index (χ0) is 14.7. The second-order valence-corrected chi connectivity index (χ2v) is 4.30. The Morgan fingerprint density at radius 3 is 2.80 bits per heavy atom. The number of amides is 1. The number of carbonyl (C=O) groups is 2. The van der Waals surface area contributed by atoms with Crippen LogP contribution < -0.4 is 0 Å². The van der Waals surface area contributed by atoms with Gasteiger partial charge in [0.1, 0.15) is 12.4 Å². The summed E-state index contributed by atoms with van der Waals surface area (Å²) in [4.78, 5) is 28.6. The van der Waals surface area contributed by atoms with Crippen molar-refractivity contribution in [3.05, 3.63) is 41.8 Å². The van der Waals surface area contributed by atoms with Crippen LogP contribution in [0.25, 0.3) is 10.9 Å². The predicted octanol–water partition coefficient (Wildman–Crippen LogP) is 1.62. The quantitative estimate of drug-likeness (QED) is 0.799. The highest BCUT2D eigenvalue weighted by molar-refractivity contribution is 5.98. The summed E-state index contributed by atoms with van der Waals surface area (Å²) in [6.07, 6.45) is 1.40. The van der Waals surface area contributed by atoms with E-state index < -0.39 is 11.8 Å². The SMILES string of the molecule is COC(=O)CN(C)C(=O)c1cnc2ccc(F)cc2c1. The van der Waals surface area contributed by atoms with Crippen molar-refractivity contribution in [2.75, 3.05) is 20.7 Å². The Labute approximate surface area is 115 Å². The smallest absolute Gasteiger partial charge is 0.325 e. The lowest BCUT2D eigenvalue weighted by atomic mass is 10.1. The fourth-order valence-corrected chi connectivity index (χ4v) is 1.77.